The van der Waals surface area contributed by atoms with Gasteiger partial charge >= 0.3 is 0 Å². The standard InChI is InChI=1S/C9H9Br2NO/c10-6-1-8(2-6)13-9-3-7(11)4-12-5-9/h3-6,8H,1-2H2. The van der Waals surface area contributed by atoms with Crippen molar-refractivity contribution >= 4 is 31.9 Å². The fourth-order valence-electron chi connectivity index (χ4n) is 1.25. The SMILES string of the molecule is Brc1cncc(OC2CC(Br)C2)c1. The summed E-state index contributed by atoms with van der Waals surface area (Å²) in [5.41, 5.74) is 0. The van der Waals surface area contributed by atoms with Crippen LogP contribution in [-0.2, 0) is 0 Å². The maximum Gasteiger partial charge on any atom is 0.139 e. The second-order valence-corrected chi connectivity index (χ2v) is 5.36. The van der Waals surface area contributed by atoms with Crippen LogP contribution >= 0.6 is 31.9 Å². The molecule has 0 amide bonds. The van der Waals surface area contributed by atoms with Gasteiger partial charge < -0.3 is 4.74 Å². The predicted octanol–water partition coefficient (Wildman–Crippen LogP) is 3.15. The highest BCUT2D eigenvalue weighted by atomic mass is 79.9. The van der Waals surface area contributed by atoms with Crippen molar-refractivity contribution in [3.8, 4) is 5.75 Å². The zero-order chi connectivity index (χ0) is 9.26. The van der Waals surface area contributed by atoms with Gasteiger partial charge in [-0.15, -0.1) is 0 Å². The molecule has 1 heterocycles. The Balaban J connectivity index is 1.94. The molecule has 1 aliphatic carbocycles. The molecule has 1 aromatic heterocycles. The van der Waals surface area contributed by atoms with E-state index in [0.29, 0.717) is 10.9 Å². The van der Waals surface area contributed by atoms with Gasteiger partial charge in [-0.2, -0.15) is 0 Å². The van der Waals surface area contributed by atoms with Gasteiger partial charge in [-0.3, -0.25) is 4.98 Å². The molecule has 1 aromatic rings. The lowest BCUT2D eigenvalue weighted by Crippen LogP contribution is -2.33. The van der Waals surface area contributed by atoms with E-state index in [9.17, 15) is 0 Å². The van der Waals surface area contributed by atoms with E-state index in [1.54, 1.807) is 12.4 Å². The van der Waals surface area contributed by atoms with Crippen LogP contribution in [0.1, 0.15) is 12.8 Å². The summed E-state index contributed by atoms with van der Waals surface area (Å²) in [6.07, 6.45) is 6.03. The summed E-state index contributed by atoms with van der Waals surface area (Å²) in [6.45, 7) is 0. The summed E-state index contributed by atoms with van der Waals surface area (Å²) in [5, 5.41) is 0. The Kier molecular flexibility index (Phi) is 2.89. The van der Waals surface area contributed by atoms with Gasteiger partial charge in [-0.25, -0.2) is 0 Å². The number of ether oxygens (including phenoxy) is 1. The molecule has 0 aliphatic heterocycles. The van der Waals surface area contributed by atoms with Crippen LogP contribution in [0.15, 0.2) is 22.9 Å². The topological polar surface area (TPSA) is 22.1 Å². The van der Waals surface area contributed by atoms with Gasteiger partial charge in [0.05, 0.1) is 6.20 Å². The molecule has 2 nitrogen and oxygen atoms in total. The Morgan fingerprint density at radius 1 is 1.38 bits per heavy atom. The minimum absolute atomic E-state index is 0.362. The largest absolute Gasteiger partial charge is 0.489 e. The van der Waals surface area contributed by atoms with E-state index < -0.39 is 0 Å². The first-order valence-corrected chi connectivity index (χ1v) is 5.86. The highest BCUT2D eigenvalue weighted by Gasteiger charge is 2.28. The molecule has 0 saturated heterocycles. The van der Waals surface area contributed by atoms with Gasteiger partial charge in [0.1, 0.15) is 11.9 Å². The third kappa shape index (κ3) is 2.44. The van der Waals surface area contributed by atoms with Gasteiger partial charge in [0, 0.05) is 15.5 Å². The molecule has 0 aromatic carbocycles. The van der Waals surface area contributed by atoms with Gasteiger partial charge in [0.15, 0.2) is 0 Å². The van der Waals surface area contributed by atoms with Crippen LogP contribution in [0.5, 0.6) is 5.75 Å². The molecule has 70 valence electrons. The second-order valence-electron chi connectivity index (χ2n) is 3.15. The second kappa shape index (κ2) is 3.96. The molecule has 13 heavy (non-hydrogen) atoms. The molecule has 1 saturated carbocycles. The Morgan fingerprint density at radius 2 is 2.15 bits per heavy atom. The van der Waals surface area contributed by atoms with Crippen LogP contribution in [0.3, 0.4) is 0 Å². The molecule has 0 atom stereocenters. The Morgan fingerprint density at radius 3 is 2.77 bits per heavy atom. The first-order valence-electron chi connectivity index (χ1n) is 4.15. The lowest BCUT2D eigenvalue weighted by molar-refractivity contribution is 0.127. The summed E-state index contributed by atoms with van der Waals surface area (Å²) >= 11 is 6.88. The zero-order valence-electron chi connectivity index (χ0n) is 6.91. The summed E-state index contributed by atoms with van der Waals surface area (Å²) in [5.74, 6) is 0.846. The van der Waals surface area contributed by atoms with Crippen LogP contribution in [0, 0.1) is 0 Å². The lowest BCUT2D eigenvalue weighted by atomic mass is 9.96. The third-order valence-corrected chi connectivity index (χ3v) is 3.20. The minimum atomic E-state index is 0.362. The molecule has 0 unspecified atom stereocenters. The number of hydrogen-bond acceptors (Lipinski definition) is 2. The molecule has 4 heteroatoms. The van der Waals surface area contributed by atoms with Gasteiger partial charge in [0.25, 0.3) is 0 Å². The predicted molar refractivity (Wildman–Crippen MR) is 58.3 cm³/mol. The smallest absolute Gasteiger partial charge is 0.139 e. The minimum Gasteiger partial charge on any atom is -0.489 e. The zero-order valence-corrected chi connectivity index (χ0v) is 10.1. The fraction of sp³-hybridized carbons (Fsp3) is 0.444. The quantitative estimate of drug-likeness (QED) is 0.783. The number of alkyl halides is 1. The van der Waals surface area contributed by atoms with E-state index in [2.05, 4.69) is 36.8 Å². The molecular weight excluding hydrogens is 298 g/mol. The van der Waals surface area contributed by atoms with Crippen LogP contribution in [0.2, 0.25) is 0 Å². The summed E-state index contributed by atoms with van der Waals surface area (Å²) in [7, 11) is 0. The normalized spacial score (nSPS) is 26.6. The van der Waals surface area contributed by atoms with E-state index in [1.807, 2.05) is 6.07 Å². The van der Waals surface area contributed by atoms with Gasteiger partial charge in [-0.1, -0.05) is 15.9 Å². The van der Waals surface area contributed by atoms with Gasteiger partial charge in [-0.05, 0) is 34.8 Å². The van der Waals surface area contributed by atoms with Crippen LogP contribution < -0.4 is 4.74 Å². The summed E-state index contributed by atoms with van der Waals surface area (Å²) in [4.78, 5) is 4.67. The molecule has 2 rings (SSSR count). The average molecular weight is 307 g/mol. The van der Waals surface area contributed by atoms with Crippen molar-refractivity contribution in [2.45, 2.75) is 23.8 Å². The Hall–Kier alpha value is -0.0900. The van der Waals surface area contributed by atoms with Crippen LogP contribution in [0.4, 0.5) is 0 Å². The molecule has 0 N–H and O–H groups in total. The number of hydrogen-bond donors (Lipinski definition) is 0. The number of aromatic nitrogens is 1. The highest BCUT2D eigenvalue weighted by Crippen LogP contribution is 2.31. The molecule has 1 aliphatic rings. The monoisotopic (exact) mass is 305 g/mol. The molecular formula is C9H9Br2NO. The molecule has 0 bridgehead atoms. The van der Waals surface area contributed by atoms with Crippen LogP contribution in [0.25, 0.3) is 0 Å². The Labute approximate surface area is 94.0 Å². The summed E-state index contributed by atoms with van der Waals surface area (Å²) < 4.78 is 6.64. The van der Waals surface area contributed by atoms with E-state index in [4.69, 9.17) is 4.74 Å². The number of pyridine rings is 1. The summed E-state index contributed by atoms with van der Waals surface area (Å²) in [6, 6.07) is 1.94. The van der Waals surface area contributed by atoms with Crippen LogP contribution in [-0.4, -0.2) is 15.9 Å². The van der Waals surface area contributed by atoms with Crippen molar-refractivity contribution < 1.29 is 4.74 Å². The molecule has 0 spiro atoms. The first-order chi connectivity index (χ1) is 6.24. The lowest BCUT2D eigenvalue weighted by Gasteiger charge is -2.31. The van der Waals surface area contributed by atoms with Crippen molar-refractivity contribution in [1.82, 2.24) is 4.98 Å². The van der Waals surface area contributed by atoms with E-state index >= 15 is 0 Å². The number of halogens is 2. The third-order valence-electron chi connectivity index (χ3n) is 2.02. The van der Waals surface area contributed by atoms with E-state index in [-0.39, 0.29) is 0 Å². The Bertz CT molecular complexity index is 299. The van der Waals surface area contributed by atoms with Crippen molar-refractivity contribution in [1.29, 1.82) is 0 Å². The number of rotatable bonds is 2. The van der Waals surface area contributed by atoms with Crippen molar-refractivity contribution in [2.24, 2.45) is 0 Å². The first kappa shape index (κ1) is 9.46. The maximum absolute atomic E-state index is 5.68. The molecule has 1 fully saturated rings. The van der Waals surface area contributed by atoms with Gasteiger partial charge in [0.2, 0.25) is 0 Å². The van der Waals surface area contributed by atoms with E-state index in [1.165, 1.54) is 0 Å². The fourth-order valence-corrected chi connectivity index (χ4v) is 2.42. The molecule has 0 radical (unpaired) electrons. The van der Waals surface area contributed by atoms with Crippen molar-refractivity contribution in [2.75, 3.05) is 0 Å². The van der Waals surface area contributed by atoms with Crippen molar-refractivity contribution in [3.05, 3.63) is 22.9 Å². The van der Waals surface area contributed by atoms with E-state index in [0.717, 1.165) is 23.1 Å². The maximum atomic E-state index is 5.68. The highest BCUT2D eigenvalue weighted by molar-refractivity contribution is 9.10. The van der Waals surface area contributed by atoms with Crippen molar-refractivity contribution in [3.63, 3.8) is 0 Å². The average Bonchev–Trinajstić information content (AvgIpc) is 2.01. The number of nitrogens with zero attached hydrogens (tertiary/aromatic N) is 1.